The predicted molar refractivity (Wildman–Crippen MR) is 70.7 cm³/mol. The van der Waals surface area contributed by atoms with E-state index in [1.807, 2.05) is 49.4 Å². The monoisotopic (exact) mass is 240 g/mol. The van der Waals surface area contributed by atoms with Crippen LogP contribution in [0.25, 0.3) is 0 Å². The minimum atomic E-state index is -0.456. The van der Waals surface area contributed by atoms with E-state index >= 15 is 0 Å². The molecule has 0 heterocycles. The molecule has 0 radical (unpaired) electrons. The number of aryl methyl sites for hydroxylation is 1. The number of ether oxygens (including phenoxy) is 1. The van der Waals surface area contributed by atoms with Gasteiger partial charge in [0, 0.05) is 6.42 Å². The third-order valence-electron chi connectivity index (χ3n) is 3.49. The van der Waals surface area contributed by atoms with Crippen LogP contribution in [0.15, 0.2) is 48.5 Å². The van der Waals surface area contributed by atoms with E-state index in [1.165, 1.54) is 5.56 Å². The van der Waals surface area contributed by atoms with Gasteiger partial charge in [-0.2, -0.15) is 0 Å². The van der Waals surface area contributed by atoms with Gasteiger partial charge in [-0.15, -0.1) is 0 Å². The van der Waals surface area contributed by atoms with Crippen molar-refractivity contribution in [1.82, 2.24) is 0 Å². The topological polar surface area (TPSA) is 29.5 Å². The Kier molecular flexibility index (Phi) is 2.80. The Bertz CT molecular complexity index is 563. The molecule has 0 bridgehead atoms. The van der Waals surface area contributed by atoms with Crippen molar-refractivity contribution in [2.75, 3.05) is 0 Å². The van der Waals surface area contributed by atoms with Gasteiger partial charge < -0.3 is 9.84 Å². The van der Waals surface area contributed by atoms with E-state index in [0.29, 0.717) is 6.42 Å². The first-order chi connectivity index (χ1) is 8.75. The molecule has 18 heavy (non-hydrogen) atoms. The average molecular weight is 240 g/mol. The molecule has 0 aromatic heterocycles. The largest absolute Gasteiger partial charge is 0.483 e. The highest BCUT2D eigenvalue weighted by Crippen LogP contribution is 2.35. The third kappa shape index (κ3) is 1.89. The number of fused-ring (bicyclic) bond motifs is 1. The van der Waals surface area contributed by atoms with Crippen LogP contribution in [0.1, 0.15) is 22.8 Å². The number of aliphatic hydroxyl groups excluding tert-OH is 1. The Labute approximate surface area is 107 Å². The molecule has 2 atom stereocenters. The fourth-order valence-corrected chi connectivity index (χ4v) is 2.50. The summed E-state index contributed by atoms with van der Waals surface area (Å²) in [5.41, 5.74) is 3.38. The van der Waals surface area contributed by atoms with Crippen LogP contribution in [0.2, 0.25) is 0 Å². The first-order valence-electron chi connectivity index (χ1n) is 6.24. The molecule has 3 rings (SSSR count). The zero-order valence-corrected chi connectivity index (χ0v) is 10.3. The second kappa shape index (κ2) is 4.46. The highest BCUT2D eigenvalue weighted by Gasteiger charge is 2.32. The van der Waals surface area contributed by atoms with Crippen molar-refractivity contribution in [3.63, 3.8) is 0 Å². The molecule has 2 aromatic carbocycles. The van der Waals surface area contributed by atoms with E-state index in [4.69, 9.17) is 4.74 Å². The normalized spacial score (nSPS) is 21.7. The smallest absolute Gasteiger partial charge is 0.150 e. The van der Waals surface area contributed by atoms with Gasteiger partial charge in [-0.3, -0.25) is 0 Å². The maximum Gasteiger partial charge on any atom is 0.150 e. The van der Waals surface area contributed by atoms with Gasteiger partial charge in [-0.05, 0) is 29.7 Å². The maximum atomic E-state index is 10.1. The van der Waals surface area contributed by atoms with E-state index in [2.05, 4.69) is 6.07 Å². The van der Waals surface area contributed by atoms with Crippen LogP contribution >= 0.6 is 0 Å². The van der Waals surface area contributed by atoms with Crippen molar-refractivity contribution in [2.45, 2.75) is 25.6 Å². The summed E-state index contributed by atoms with van der Waals surface area (Å²) in [6, 6.07) is 16.0. The molecule has 1 aliphatic rings. The molecule has 2 heteroatoms. The van der Waals surface area contributed by atoms with Crippen LogP contribution in [0.5, 0.6) is 5.75 Å². The number of hydrogen-bond donors (Lipinski definition) is 1. The van der Waals surface area contributed by atoms with Gasteiger partial charge in [-0.25, -0.2) is 0 Å². The van der Waals surface area contributed by atoms with Crippen LogP contribution < -0.4 is 4.74 Å². The van der Waals surface area contributed by atoms with E-state index in [-0.39, 0.29) is 6.10 Å². The molecular formula is C16H16O2. The summed E-state index contributed by atoms with van der Waals surface area (Å²) in [4.78, 5) is 0. The molecule has 0 spiro atoms. The van der Waals surface area contributed by atoms with Gasteiger partial charge in [0.1, 0.15) is 5.75 Å². The first-order valence-corrected chi connectivity index (χ1v) is 6.24. The molecular weight excluding hydrogens is 224 g/mol. The molecule has 92 valence electrons. The van der Waals surface area contributed by atoms with Crippen molar-refractivity contribution >= 4 is 0 Å². The standard InChI is InChI=1S/C16H16O2/c1-11-6-2-5-9-15(11)18-16-13-8-4-3-7-12(13)10-14(16)17/h2-9,14,16-17H,10H2,1H3. The van der Waals surface area contributed by atoms with Gasteiger partial charge in [-0.1, -0.05) is 42.5 Å². The van der Waals surface area contributed by atoms with Crippen molar-refractivity contribution < 1.29 is 9.84 Å². The lowest BCUT2D eigenvalue weighted by Gasteiger charge is -2.19. The van der Waals surface area contributed by atoms with E-state index in [0.717, 1.165) is 16.9 Å². The quantitative estimate of drug-likeness (QED) is 0.874. The average Bonchev–Trinajstić information content (AvgIpc) is 2.69. The third-order valence-corrected chi connectivity index (χ3v) is 3.49. The number of para-hydroxylation sites is 1. The van der Waals surface area contributed by atoms with E-state index < -0.39 is 6.10 Å². The minimum absolute atomic E-state index is 0.248. The summed E-state index contributed by atoms with van der Waals surface area (Å²) in [6.45, 7) is 2.02. The van der Waals surface area contributed by atoms with Crippen molar-refractivity contribution in [1.29, 1.82) is 0 Å². The summed E-state index contributed by atoms with van der Waals surface area (Å²) >= 11 is 0. The van der Waals surface area contributed by atoms with Crippen LogP contribution in [0.3, 0.4) is 0 Å². The first kappa shape index (κ1) is 11.3. The lowest BCUT2D eigenvalue weighted by molar-refractivity contribution is 0.0491. The number of hydrogen-bond acceptors (Lipinski definition) is 2. The fourth-order valence-electron chi connectivity index (χ4n) is 2.50. The number of benzene rings is 2. The minimum Gasteiger partial charge on any atom is -0.483 e. The van der Waals surface area contributed by atoms with Crippen molar-refractivity contribution in [3.05, 3.63) is 65.2 Å². The number of aliphatic hydroxyl groups is 1. The van der Waals surface area contributed by atoms with Crippen molar-refractivity contribution in [3.8, 4) is 5.75 Å². The molecule has 0 amide bonds. The highest BCUT2D eigenvalue weighted by atomic mass is 16.5. The summed E-state index contributed by atoms with van der Waals surface area (Å²) in [5, 5.41) is 10.1. The van der Waals surface area contributed by atoms with Crippen LogP contribution in [0, 0.1) is 6.92 Å². The van der Waals surface area contributed by atoms with E-state index in [1.54, 1.807) is 0 Å². The predicted octanol–water partition coefficient (Wildman–Crippen LogP) is 3.03. The molecule has 0 saturated carbocycles. The molecule has 1 N–H and O–H groups in total. The van der Waals surface area contributed by atoms with Gasteiger partial charge in [0.15, 0.2) is 6.10 Å². The Balaban J connectivity index is 1.92. The second-order valence-electron chi connectivity index (χ2n) is 4.77. The molecule has 2 unspecified atom stereocenters. The summed E-state index contributed by atoms with van der Waals surface area (Å²) in [5.74, 6) is 0.846. The van der Waals surface area contributed by atoms with Gasteiger partial charge in [0.05, 0.1) is 6.10 Å². The molecule has 0 saturated heterocycles. The number of rotatable bonds is 2. The van der Waals surface area contributed by atoms with Crippen LogP contribution in [-0.4, -0.2) is 11.2 Å². The molecule has 0 fully saturated rings. The summed E-state index contributed by atoms with van der Waals surface area (Å²) in [6.07, 6.45) is -0.0310. The fraction of sp³-hybridized carbons (Fsp3) is 0.250. The zero-order chi connectivity index (χ0) is 12.5. The van der Waals surface area contributed by atoms with Gasteiger partial charge in [0.2, 0.25) is 0 Å². The lowest BCUT2D eigenvalue weighted by Crippen LogP contribution is -2.19. The Morgan fingerprint density at radius 2 is 1.78 bits per heavy atom. The van der Waals surface area contributed by atoms with Crippen LogP contribution in [-0.2, 0) is 6.42 Å². The lowest BCUT2D eigenvalue weighted by atomic mass is 10.1. The van der Waals surface area contributed by atoms with E-state index in [9.17, 15) is 5.11 Å². The highest BCUT2D eigenvalue weighted by molar-refractivity contribution is 5.38. The SMILES string of the molecule is Cc1ccccc1OC1c2ccccc2CC1O. The Morgan fingerprint density at radius 3 is 2.61 bits per heavy atom. The summed E-state index contributed by atoms with van der Waals surface area (Å²) < 4.78 is 5.99. The molecule has 2 aromatic rings. The van der Waals surface area contributed by atoms with Gasteiger partial charge in [0.25, 0.3) is 0 Å². The Hall–Kier alpha value is -1.80. The summed E-state index contributed by atoms with van der Waals surface area (Å²) in [7, 11) is 0. The van der Waals surface area contributed by atoms with Gasteiger partial charge >= 0.3 is 0 Å². The zero-order valence-electron chi connectivity index (χ0n) is 10.3. The second-order valence-corrected chi connectivity index (χ2v) is 4.77. The maximum absolute atomic E-state index is 10.1. The molecule has 2 nitrogen and oxygen atoms in total. The molecule has 0 aliphatic heterocycles. The molecule has 1 aliphatic carbocycles. The van der Waals surface area contributed by atoms with Crippen LogP contribution in [0.4, 0.5) is 0 Å². The Morgan fingerprint density at radius 1 is 1.06 bits per heavy atom. The van der Waals surface area contributed by atoms with Crippen molar-refractivity contribution in [2.24, 2.45) is 0 Å².